The van der Waals surface area contributed by atoms with Gasteiger partial charge in [-0.2, -0.15) is 0 Å². The van der Waals surface area contributed by atoms with Crippen molar-refractivity contribution in [3.05, 3.63) is 42.5 Å². The van der Waals surface area contributed by atoms with Crippen LogP contribution in [-0.4, -0.2) is 25.2 Å². The molecule has 1 aliphatic heterocycles. The molecule has 0 radical (unpaired) electrons. The number of hydrogen-bond donors (Lipinski definition) is 0. The number of rotatable bonds is 6. The summed E-state index contributed by atoms with van der Waals surface area (Å²) in [5.74, 6) is -0.440. The van der Waals surface area contributed by atoms with Crippen molar-refractivity contribution in [2.24, 2.45) is 5.92 Å². The molecule has 0 spiro atoms. The first-order chi connectivity index (χ1) is 11.0. The van der Waals surface area contributed by atoms with Crippen molar-refractivity contribution in [2.45, 2.75) is 50.3 Å². The van der Waals surface area contributed by atoms with Crippen LogP contribution in [0.1, 0.15) is 44.1 Å². The molecular formula is C18H25NO3S. The van der Waals surface area contributed by atoms with Gasteiger partial charge in [-0.15, -0.1) is 6.58 Å². The molecule has 1 atom stereocenters. The minimum absolute atomic E-state index is 0.197. The van der Waals surface area contributed by atoms with Crippen LogP contribution in [0.4, 0.5) is 0 Å². The molecule has 1 aliphatic rings. The number of aryl methyl sites for hydroxylation is 1. The van der Waals surface area contributed by atoms with Gasteiger partial charge in [-0.1, -0.05) is 30.2 Å². The van der Waals surface area contributed by atoms with E-state index < -0.39 is 10.0 Å². The fourth-order valence-electron chi connectivity index (χ4n) is 2.94. The van der Waals surface area contributed by atoms with Crippen molar-refractivity contribution in [1.82, 2.24) is 4.31 Å². The summed E-state index contributed by atoms with van der Waals surface area (Å²) in [6.45, 7) is 5.88. The molecule has 1 aromatic rings. The van der Waals surface area contributed by atoms with Gasteiger partial charge in [0, 0.05) is 12.5 Å². The van der Waals surface area contributed by atoms with Crippen LogP contribution in [0.25, 0.3) is 0 Å². The number of hydrogen-bond acceptors (Lipinski definition) is 3. The van der Waals surface area contributed by atoms with Crippen molar-refractivity contribution in [1.29, 1.82) is 0 Å². The van der Waals surface area contributed by atoms with Crippen LogP contribution < -0.4 is 0 Å². The van der Waals surface area contributed by atoms with E-state index in [1.165, 1.54) is 0 Å². The Morgan fingerprint density at radius 2 is 1.96 bits per heavy atom. The number of sulfonamides is 1. The summed E-state index contributed by atoms with van der Waals surface area (Å²) in [5, 5.41) is 0. The van der Waals surface area contributed by atoms with E-state index in [2.05, 4.69) is 6.58 Å². The zero-order valence-corrected chi connectivity index (χ0v) is 14.5. The number of amides is 1. The minimum atomic E-state index is -3.75. The molecular weight excluding hydrogens is 310 g/mol. The van der Waals surface area contributed by atoms with Crippen molar-refractivity contribution >= 4 is 15.9 Å². The Kier molecular flexibility index (Phi) is 5.99. The fraction of sp³-hybridized carbons (Fsp3) is 0.500. The maximum absolute atomic E-state index is 12.8. The van der Waals surface area contributed by atoms with Crippen LogP contribution in [0, 0.1) is 12.8 Å². The molecule has 126 valence electrons. The highest BCUT2D eigenvalue weighted by Crippen LogP contribution is 2.27. The van der Waals surface area contributed by atoms with Gasteiger partial charge < -0.3 is 0 Å². The first-order valence-corrected chi connectivity index (χ1v) is 9.65. The lowest BCUT2D eigenvalue weighted by Crippen LogP contribution is -2.39. The lowest BCUT2D eigenvalue weighted by atomic mass is 9.96. The smallest absolute Gasteiger partial charge is 0.266 e. The standard InChI is InChI=1S/C18H25NO3S/c1-3-4-5-8-16-9-6-7-14-19(18(16)20)23(21,22)17-12-10-15(2)11-13-17/h3,10-13,16H,1,4-9,14H2,2H3. The van der Waals surface area contributed by atoms with Gasteiger partial charge in [0.1, 0.15) is 0 Å². The van der Waals surface area contributed by atoms with Gasteiger partial charge in [0.15, 0.2) is 0 Å². The van der Waals surface area contributed by atoms with Gasteiger partial charge in [-0.25, -0.2) is 12.7 Å². The molecule has 0 N–H and O–H groups in total. The van der Waals surface area contributed by atoms with Gasteiger partial charge in [-0.3, -0.25) is 4.79 Å². The van der Waals surface area contributed by atoms with E-state index in [-0.39, 0.29) is 23.3 Å². The summed E-state index contributed by atoms with van der Waals surface area (Å²) in [6, 6.07) is 6.68. The molecule has 4 nitrogen and oxygen atoms in total. The summed E-state index contributed by atoms with van der Waals surface area (Å²) in [7, 11) is -3.75. The van der Waals surface area contributed by atoms with Crippen LogP contribution in [0.3, 0.4) is 0 Å². The Labute approximate surface area is 139 Å². The van der Waals surface area contributed by atoms with E-state index in [0.29, 0.717) is 0 Å². The maximum atomic E-state index is 12.8. The lowest BCUT2D eigenvalue weighted by Gasteiger charge is -2.24. The van der Waals surface area contributed by atoms with Crippen LogP contribution in [0.15, 0.2) is 41.8 Å². The van der Waals surface area contributed by atoms with Crippen LogP contribution in [0.2, 0.25) is 0 Å². The number of carbonyl (C=O) groups excluding carboxylic acids is 1. The normalized spacial score (nSPS) is 19.4. The summed E-state index contributed by atoms with van der Waals surface area (Å²) in [6.07, 6.45) is 6.69. The quantitative estimate of drug-likeness (QED) is 0.589. The lowest BCUT2D eigenvalue weighted by molar-refractivity contribution is -0.130. The third-order valence-corrected chi connectivity index (χ3v) is 6.14. The second-order valence-electron chi connectivity index (χ2n) is 6.14. The molecule has 5 heteroatoms. The molecule has 1 heterocycles. The van der Waals surface area contributed by atoms with Gasteiger partial charge >= 0.3 is 0 Å². The highest BCUT2D eigenvalue weighted by Gasteiger charge is 2.34. The third-order valence-electron chi connectivity index (χ3n) is 4.33. The third kappa shape index (κ3) is 4.22. The molecule has 2 rings (SSSR count). The van der Waals surface area contributed by atoms with Gasteiger partial charge in [-0.05, 0) is 51.2 Å². The molecule has 0 bridgehead atoms. The Morgan fingerprint density at radius 1 is 1.26 bits per heavy atom. The molecule has 23 heavy (non-hydrogen) atoms. The molecule has 1 fully saturated rings. The highest BCUT2D eigenvalue weighted by atomic mass is 32.2. The predicted octanol–water partition coefficient (Wildman–Crippen LogP) is 3.67. The Morgan fingerprint density at radius 3 is 2.61 bits per heavy atom. The zero-order chi connectivity index (χ0) is 16.9. The summed E-state index contributed by atoms with van der Waals surface area (Å²) >= 11 is 0. The molecule has 1 amide bonds. The van der Waals surface area contributed by atoms with E-state index in [1.54, 1.807) is 24.3 Å². The largest absolute Gasteiger partial charge is 0.273 e. The van der Waals surface area contributed by atoms with E-state index in [0.717, 1.165) is 48.4 Å². The maximum Gasteiger partial charge on any atom is 0.266 e. The van der Waals surface area contributed by atoms with Crippen molar-refractivity contribution in [3.63, 3.8) is 0 Å². The molecule has 1 aromatic carbocycles. The predicted molar refractivity (Wildman–Crippen MR) is 91.5 cm³/mol. The first kappa shape index (κ1) is 17.7. The molecule has 0 aromatic heterocycles. The molecule has 0 aliphatic carbocycles. The summed E-state index contributed by atoms with van der Waals surface area (Å²) in [5.41, 5.74) is 0.994. The molecule has 1 unspecified atom stereocenters. The first-order valence-electron chi connectivity index (χ1n) is 8.21. The highest BCUT2D eigenvalue weighted by molar-refractivity contribution is 7.89. The van der Waals surface area contributed by atoms with E-state index in [9.17, 15) is 13.2 Å². The van der Waals surface area contributed by atoms with Crippen molar-refractivity contribution in [3.8, 4) is 0 Å². The topological polar surface area (TPSA) is 54.5 Å². The summed E-state index contributed by atoms with van der Waals surface area (Å²) < 4.78 is 26.8. The summed E-state index contributed by atoms with van der Waals surface area (Å²) in [4.78, 5) is 12.9. The SMILES string of the molecule is C=CCCCC1CCCCN(S(=O)(=O)c2ccc(C)cc2)C1=O. The number of unbranched alkanes of at least 4 members (excludes halogenated alkanes) is 1. The van der Waals surface area contributed by atoms with Crippen LogP contribution in [0.5, 0.6) is 0 Å². The number of nitrogens with zero attached hydrogens (tertiary/aromatic N) is 1. The Hall–Kier alpha value is -1.62. The van der Waals surface area contributed by atoms with Crippen molar-refractivity contribution < 1.29 is 13.2 Å². The van der Waals surface area contributed by atoms with E-state index in [4.69, 9.17) is 0 Å². The zero-order valence-electron chi connectivity index (χ0n) is 13.7. The monoisotopic (exact) mass is 335 g/mol. The second kappa shape index (κ2) is 7.77. The number of allylic oxidation sites excluding steroid dienone is 1. The second-order valence-corrected chi connectivity index (χ2v) is 8.00. The fourth-order valence-corrected chi connectivity index (χ4v) is 4.43. The van der Waals surface area contributed by atoms with Gasteiger partial charge in [0.2, 0.25) is 5.91 Å². The minimum Gasteiger partial charge on any atom is -0.273 e. The van der Waals surface area contributed by atoms with Crippen LogP contribution >= 0.6 is 0 Å². The molecule has 1 saturated heterocycles. The van der Waals surface area contributed by atoms with Crippen molar-refractivity contribution in [2.75, 3.05) is 6.54 Å². The average Bonchev–Trinajstić information content (AvgIpc) is 2.71. The van der Waals surface area contributed by atoms with E-state index >= 15 is 0 Å². The van der Waals surface area contributed by atoms with Gasteiger partial charge in [0.25, 0.3) is 10.0 Å². The van der Waals surface area contributed by atoms with Gasteiger partial charge in [0.05, 0.1) is 4.90 Å². The average molecular weight is 335 g/mol. The Bertz CT molecular complexity index is 649. The molecule has 0 saturated carbocycles. The van der Waals surface area contributed by atoms with Crippen LogP contribution in [-0.2, 0) is 14.8 Å². The number of carbonyl (C=O) groups is 1. The number of benzene rings is 1. The van der Waals surface area contributed by atoms with E-state index in [1.807, 2.05) is 13.0 Å². The Balaban J connectivity index is 2.23.